The van der Waals surface area contributed by atoms with Crippen LogP contribution >= 0.6 is 11.3 Å². The Bertz CT molecular complexity index is 1000. The Hall–Kier alpha value is -2.64. The van der Waals surface area contributed by atoms with Gasteiger partial charge in [-0.25, -0.2) is 8.42 Å². The molecule has 5 nitrogen and oxygen atoms in total. The Morgan fingerprint density at radius 2 is 1.70 bits per heavy atom. The summed E-state index contributed by atoms with van der Waals surface area (Å²) in [4.78, 5) is 12.6. The van der Waals surface area contributed by atoms with Crippen molar-refractivity contribution in [3.8, 4) is 0 Å². The summed E-state index contributed by atoms with van der Waals surface area (Å²) >= 11 is 1.12. The average molecular weight is 401 g/mol. The molecule has 0 aliphatic heterocycles. The molecule has 0 fully saturated rings. The molecule has 7 heteroatoms. The molecule has 2 N–H and O–H groups in total. The lowest BCUT2D eigenvalue weighted by Crippen LogP contribution is -2.28. The van der Waals surface area contributed by atoms with Crippen LogP contribution in [0.15, 0.2) is 76.3 Å². The molecule has 0 spiro atoms. The predicted molar refractivity (Wildman–Crippen MR) is 109 cm³/mol. The van der Waals surface area contributed by atoms with Crippen LogP contribution in [0.4, 0.5) is 5.69 Å². The minimum absolute atomic E-state index is 0.144. The smallest absolute Gasteiger partial charge is 0.271 e. The van der Waals surface area contributed by atoms with Crippen molar-refractivity contribution >= 4 is 33.0 Å². The molecule has 0 saturated carbocycles. The molecule has 1 amide bonds. The molecule has 3 rings (SSSR count). The minimum atomic E-state index is -3.71. The highest BCUT2D eigenvalue weighted by Crippen LogP contribution is 2.23. The first-order valence-electron chi connectivity index (χ1n) is 8.46. The molecule has 27 heavy (non-hydrogen) atoms. The van der Waals surface area contributed by atoms with Crippen molar-refractivity contribution in [2.24, 2.45) is 0 Å². The maximum atomic E-state index is 12.6. The molecule has 0 aliphatic carbocycles. The van der Waals surface area contributed by atoms with Gasteiger partial charge < -0.3 is 5.32 Å². The molecule has 1 heterocycles. The van der Waals surface area contributed by atoms with E-state index >= 15 is 0 Å². The lowest BCUT2D eigenvalue weighted by atomic mass is 10.0. The van der Waals surface area contributed by atoms with Crippen LogP contribution in [-0.4, -0.2) is 20.9 Å². The lowest BCUT2D eigenvalue weighted by molar-refractivity contribution is 0.0952. The third-order valence-corrected chi connectivity index (χ3v) is 6.88. The van der Waals surface area contributed by atoms with E-state index in [2.05, 4.69) is 10.0 Å². The fourth-order valence-corrected chi connectivity index (χ4v) is 4.69. The predicted octanol–water partition coefficient (Wildman–Crippen LogP) is 4.08. The molecule has 0 unspecified atom stereocenters. The fraction of sp³-hybridized carbons (Fsp3) is 0.150. The minimum Gasteiger partial charge on any atom is -0.351 e. The fourth-order valence-electron chi connectivity index (χ4n) is 2.62. The number of thiophene rings is 1. The van der Waals surface area contributed by atoms with Gasteiger partial charge in [-0.05, 0) is 35.1 Å². The topological polar surface area (TPSA) is 75.3 Å². The van der Waals surface area contributed by atoms with Crippen LogP contribution in [0.2, 0.25) is 0 Å². The lowest BCUT2D eigenvalue weighted by Gasteiger charge is -2.15. The van der Waals surface area contributed by atoms with Crippen molar-refractivity contribution in [2.45, 2.75) is 17.1 Å². The van der Waals surface area contributed by atoms with Crippen LogP contribution in [0, 0.1) is 0 Å². The highest BCUT2D eigenvalue weighted by molar-refractivity contribution is 7.94. The summed E-state index contributed by atoms with van der Waals surface area (Å²) in [6, 6.07) is 19.7. The SMILES string of the molecule is C[C@@H](CNC(=O)c1ccccc1NS(=O)(=O)c1cccs1)c1ccccc1. The Labute approximate surface area is 163 Å². The molecule has 0 bridgehead atoms. The first-order valence-corrected chi connectivity index (χ1v) is 10.8. The molecule has 140 valence electrons. The largest absolute Gasteiger partial charge is 0.351 e. The maximum Gasteiger partial charge on any atom is 0.271 e. The first kappa shape index (κ1) is 19.1. The van der Waals surface area contributed by atoms with E-state index in [0.29, 0.717) is 6.54 Å². The number of amides is 1. The van der Waals surface area contributed by atoms with Crippen LogP contribution in [0.1, 0.15) is 28.8 Å². The van der Waals surface area contributed by atoms with Gasteiger partial charge >= 0.3 is 0 Å². The van der Waals surface area contributed by atoms with Crippen LogP contribution in [-0.2, 0) is 10.0 Å². The van der Waals surface area contributed by atoms with Gasteiger partial charge in [0, 0.05) is 6.54 Å². The van der Waals surface area contributed by atoms with Gasteiger partial charge in [-0.15, -0.1) is 11.3 Å². The monoisotopic (exact) mass is 400 g/mol. The van der Waals surface area contributed by atoms with Crippen molar-refractivity contribution in [3.05, 3.63) is 83.2 Å². The molecule has 0 saturated heterocycles. The van der Waals surface area contributed by atoms with Crippen LogP contribution in [0.25, 0.3) is 0 Å². The Morgan fingerprint density at radius 3 is 2.41 bits per heavy atom. The molecule has 2 aromatic carbocycles. The number of carbonyl (C=O) groups is 1. The Balaban J connectivity index is 1.72. The van der Waals surface area contributed by atoms with Gasteiger partial charge in [0.15, 0.2) is 0 Å². The molecule has 3 aromatic rings. The quantitative estimate of drug-likeness (QED) is 0.627. The molecular formula is C20H20N2O3S2. The highest BCUT2D eigenvalue weighted by atomic mass is 32.2. The van der Waals surface area contributed by atoms with Crippen LogP contribution < -0.4 is 10.0 Å². The van der Waals surface area contributed by atoms with E-state index < -0.39 is 10.0 Å². The third kappa shape index (κ3) is 4.75. The van der Waals surface area contributed by atoms with Gasteiger partial charge in [0.05, 0.1) is 11.3 Å². The van der Waals surface area contributed by atoms with Crippen molar-refractivity contribution in [1.29, 1.82) is 0 Å². The van der Waals surface area contributed by atoms with Gasteiger partial charge in [0.1, 0.15) is 4.21 Å². The normalized spacial score (nSPS) is 12.3. The van der Waals surface area contributed by atoms with Gasteiger partial charge in [0.2, 0.25) is 0 Å². The highest BCUT2D eigenvalue weighted by Gasteiger charge is 2.19. The zero-order valence-electron chi connectivity index (χ0n) is 14.8. The average Bonchev–Trinajstić information content (AvgIpc) is 3.22. The zero-order valence-corrected chi connectivity index (χ0v) is 16.4. The van der Waals surface area contributed by atoms with E-state index in [0.717, 1.165) is 16.9 Å². The second-order valence-corrected chi connectivity index (χ2v) is 8.96. The molecule has 0 radical (unpaired) electrons. The van der Waals surface area contributed by atoms with Gasteiger partial charge in [-0.1, -0.05) is 55.5 Å². The van der Waals surface area contributed by atoms with Crippen molar-refractivity contribution < 1.29 is 13.2 Å². The number of para-hydroxylation sites is 1. The van der Waals surface area contributed by atoms with E-state index in [1.165, 1.54) is 6.07 Å². The molecular weight excluding hydrogens is 380 g/mol. The summed E-state index contributed by atoms with van der Waals surface area (Å²) in [7, 11) is -3.71. The standard InChI is InChI=1S/C20H20N2O3S2/c1-15(16-8-3-2-4-9-16)14-21-20(23)17-10-5-6-11-18(17)22-27(24,25)19-12-7-13-26-19/h2-13,15,22H,14H2,1H3,(H,21,23)/t15-/m0/s1. The first-order chi connectivity index (χ1) is 13.0. The van der Waals surface area contributed by atoms with Crippen LogP contribution in [0.3, 0.4) is 0 Å². The number of carbonyl (C=O) groups excluding carboxylic acids is 1. The van der Waals surface area contributed by atoms with E-state index in [4.69, 9.17) is 0 Å². The van der Waals surface area contributed by atoms with Crippen molar-refractivity contribution in [3.63, 3.8) is 0 Å². The number of rotatable bonds is 7. The van der Waals surface area contributed by atoms with Gasteiger partial charge in [-0.3, -0.25) is 9.52 Å². The number of hydrogen-bond donors (Lipinski definition) is 2. The zero-order chi connectivity index (χ0) is 19.3. The van der Waals surface area contributed by atoms with Gasteiger partial charge in [0.25, 0.3) is 15.9 Å². The summed E-state index contributed by atoms with van der Waals surface area (Å²) in [6.07, 6.45) is 0. The summed E-state index contributed by atoms with van der Waals surface area (Å²) in [5, 5.41) is 4.58. The summed E-state index contributed by atoms with van der Waals surface area (Å²) in [5.74, 6) is -0.174. The second kappa shape index (κ2) is 8.37. The number of anilines is 1. The summed E-state index contributed by atoms with van der Waals surface area (Å²) in [5.41, 5.74) is 1.68. The Kier molecular flexibility index (Phi) is 5.93. The number of sulfonamides is 1. The van der Waals surface area contributed by atoms with E-state index in [1.54, 1.807) is 35.7 Å². The second-order valence-electron chi connectivity index (χ2n) is 6.10. The van der Waals surface area contributed by atoms with Gasteiger partial charge in [-0.2, -0.15) is 0 Å². The third-order valence-electron chi connectivity index (χ3n) is 4.11. The van der Waals surface area contributed by atoms with E-state index in [9.17, 15) is 13.2 Å². The summed E-state index contributed by atoms with van der Waals surface area (Å²) < 4.78 is 27.6. The van der Waals surface area contributed by atoms with Crippen LogP contribution in [0.5, 0.6) is 0 Å². The Morgan fingerprint density at radius 1 is 1.00 bits per heavy atom. The summed E-state index contributed by atoms with van der Waals surface area (Å²) in [6.45, 7) is 2.48. The maximum absolute atomic E-state index is 12.6. The number of benzene rings is 2. The van der Waals surface area contributed by atoms with Crippen molar-refractivity contribution in [2.75, 3.05) is 11.3 Å². The van der Waals surface area contributed by atoms with E-state index in [-0.39, 0.29) is 27.3 Å². The van der Waals surface area contributed by atoms with Crippen molar-refractivity contribution in [1.82, 2.24) is 5.32 Å². The number of nitrogens with one attached hydrogen (secondary N) is 2. The molecule has 1 aromatic heterocycles. The number of hydrogen-bond acceptors (Lipinski definition) is 4. The molecule has 1 atom stereocenters. The van der Waals surface area contributed by atoms with E-state index in [1.807, 2.05) is 37.3 Å². The molecule has 0 aliphatic rings.